The number of hydrogen-bond acceptors (Lipinski definition) is 5. The quantitative estimate of drug-likeness (QED) is 0.909. The first-order valence-electron chi connectivity index (χ1n) is 7.80. The molecule has 2 aliphatic heterocycles. The van der Waals surface area contributed by atoms with Crippen molar-refractivity contribution in [1.82, 2.24) is 15.3 Å². The van der Waals surface area contributed by atoms with Crippen LogP contribution in [-0.4, -0.2) is 42.3 Å². The van der Waals surface area contributed by atoms with Crippen LogP contribution >= 0.6 is 0 Å². The number of nitrogens with zero attached hydrogens (tertiary/aromatic N) is 3. The third-order valence-corrected chi connectivity index (χ3v) is 4.37. The fourth-order valence-electron chi connectivity index (χ4n) is 3.39. The first kappa shape index (κ1) is 13.6. The summed E-state index contributed by atoms with van der Waals surface area (Å²) < 4.78 is 5.47. The van der Waals surface area contributed by atoms with Gasteiger partial charge in [-0.2, -0.15) is 0 Å². The van der Waals surface area contributed by atoms with Gasteiger partial charge < -0.3 is 15.0 Å². The molecule has 1 aromatic heterocycles. The topological polar surface area (TPSA) is 50.3 Å². The van der Waals surface area contributed by atoms with Crippen LogP contribution < -0.4 is 15.0 Å². The summed E-state index contributed by atoms with van der Waals surface area (Å²) in [6.07, 6.45) is 6.84. The third-order valence-electron chi connectivity index (χ3n) is 4.37. The Hall–Kier alpha value is -1.36. The molecule has 5 heteroatoms. The highest BCUT2D eigenvalue weighted by atomic mass is 16.5. The van der Waals surface area contributed by atoms with E-state index in [1.54, 1.807) is 6.33 Å². The van der Waals surface area contributed by atoms with Crippen molar-refractivity contribution in [1.29, 1.82) is 0 Å². The van der Waals surface area contributed by atoms with Crippen LogP contribution in [0.15, 0.2) is 12.4 Å². The lowest BCUT2D eigenvalue weighted by Crippen LogP contribution is -2.43. The number of piperidine rings is 1. The van der Waals surface area contributed by atoms with Gasteiger partial charge in [0.05, 0.1) is 6.61 Å². The van der Waals surface area contributed by atoms with Crippen molar-refractivity contribution >= 4 is 5.82 Å². The van der Waals surface area contributed by atoms with Crippen LogP contribution in [0.5, 0.6) is 5.88 Å². The maximum atomic E-state index is 5.47. The molecule has 0 amide bonds. The molecule has 0 radical (unpaired) electrons. The van der Waals surface area contributed by atoms with Gasteiger partial charge in [-0.05, 0) is 45.1 Å². The van der Waals surface area contributed by atoms with Gasteiger partial charge in [-0.15, -0.1) is 0 Å². The van der Waals surface area contributed by atoms with E-state index < -0.39 is 0 Å². The van der Waals surface area contributed by atoms with E-state index in [4.69, 9.17) is 4.74 Å². The summed E-state index contributed by atoms with van der Waals surface area (Å²) in [4.78, 5) is 11.0. The molecular formula is C15H24N4O. The summed E-state index contributed by atoms with van der Waals surface area (Å²) in [7, 11) is 0. The Labute approximate surface area is 120 Å². The fraction of sp³-hybridized carbons (Fsp3) is 0.733. The molecule has 110 valence electrons. The number of nitrogens with one attached hydrogen (secondary N) is 1. The highest BCUT2D eigenvalue weighted by Gasteiger charge is 2.29. The van der Waals surface area contributed by atoms with Gasteiger partial charge in [-0.3, -0.25) is 0 Å². The van der Waals surface area contributed by atoms with Gasteiger partial charge in [0.1, 0.15) is 12.1 Å². The summed E-state index contributed by atoms with van der Waals surface area (Å²) >= 11 is 0. The largest absolute Gasteiger partial charge is 0.478 e. The molecule has 2 saturated heterocycles. The fourth-order valence-corrected chi connectivity index (χ4v) is 3.39. The summed E-state index contributed by atoms with van der Waals surface area (Å²) in [6.45, 7) is 5.99. The Kier molecular flexibility index (Phi) is 4.35. The van der Waals surface area contributed by atoms with Crippen molar-refractivity contribution in [2.24, 2.45) is 5.92 Å². The van der Waals surface area contributed by atoms with E-state index in [2.05, 4.69) is 20.2 Å². The predicted molar refractivity (Wildman–Crippen MR) is 79.2 cm³/mol. The van der Waals surface area contributed by atoms with E-state index in [1.807, 2.05) is 13.0 Å². The van der Waals surface area contributed by atoms with E-state index in [1.165, 1.54) is 32.2 Å². The van der Waals surface area contributed by atoms with E-state index in [0.29, 0.717) is 18.5 Å². The first-order chi connectivity index (χ1) is 9.86. The standard InChI is InChI=1S/C15H24N4O/c1-2-20-15-9-14(17-11-18-15)19-8-4-5-12(10-19)13-6-3-7-16-13/h9,11-13,16H,2-8,10H2,1H3. The minimum absolute atomic E-state index is 0.644. The maximum Gasteiger partial charge on any atom is 0.218 e. The van der Waals surface area contributed by atoms with Crippen molar-refractivity contribution in [3.63, 3.8) is 0 Å². The van der Waals surface area contributed by atoms with Crippen molar-refractivity contribution in [3.8, 4) is 5.88 Å². The summed E-state index contributed by atoms with van der Waals surface area (Å²) in [6, 6.07) is 2.67. The van der Waals surface area contributed by atoms with Crippen LogP contribution in [0, 0.1) is 5.92 Å². The molecule has 2 atom stereocenters. The zero-order valence-corrected chi connectivity index (χ0v) is 12.2. The zero-order chi connectivity index (χ0) is 13.8. The molecule has 2 fully saturated rings. The maximum absolute atomic E-state index is 5.47. The molecule has 2 unspecified atom stereocenters. The Bertz CT molecular complexity index is 434. The minimum atomic E-state index is 0.644. The zero-order valence-electron chi connectivity index (χ0n) is 12.2. The van der Waals surface area contributed by atoms with Crippen LogP contribution in [0.25, 0.3) is 0 Å². The molecule has 3 rings (SSSR count). The number of rotatable bonds is 4. The molecular weight excluding hydrogens is 252 g/mol. The van der Waals surface area contributed by atoms with Crippen LogP contribution in [-0.2, 0) is 0 Å². The van der Waals surface area contributed by atoms with Crippen molar-refractivity contribution < 1.29 is 4.74 Å². The van der Waals surface area contributed by atoms with Crippen LogP contribution in [0.3, 0.4) is 0 Å². The molecule has 5 nitrogen and oxygen atoms in total. The van der Waals surface area contributed by atoms with E-state index in [9.17, 15) is 0 Å². The Morgan fingerprint density at radius 1 is 1.35 bits per heavy atom. The first-order valence-corrected chi connectivity index (χ1v) is 7.80. The SMILES string of the molecule is CCOc1cc(N2CCCC(C3CCCN3)C2)ncn1. The monoisotopic (exact) mass is 276 g/mol. The lowest BCUT2D eigenvalue weighted by molar-refractivity contribution is 0.321. The van der Waals surface area contributed by atoms with Crippen LogP contribution in [0.1, 0.15) is 32.6 Å². The molecule has 0 spiro atoms. The molecule has 2 aliphatic rings. The second kappa shape index (κ2) is 6.39. The number of aromatic nitrogens is 2. The van der Waals surface area contributed by atoms with Gasteiger partial charge >= 0.3 is 0 Å². The molecule has 0 saturated carbocycles. The van der Waals surface area contributed by atoms with E-state index >= 15 is 0 Å². The van der Waals surface area contributed by atoms with E-state index in [-0.39, 0.29) is 0 Å². The molecule has 0 aromatic carbocycles. The van der Waals surface area contributed by atoms with Crippen molar-refractivity contribution in [2.45, 2.75) is 38.6 Å². The highest BCUT2D eigenvalue weighted by molar-refractivity contribution is 5.41. The van der Waals surface area contributed by atoms with Gasteiger partial charge in [-0.25, -0.2) is 9.97 Å². The van der Waals surface area contributed by atoms with Crippen LogP contribution in [0.2, 0.25) is 0 Å². The summed E-state index contributed by atoms with van der Waals surface area (Å²) in [5.74, 6) is 2.43. The van der Waals surface area contributed by atoms with Gasteiger partial charge in [0.25, 0.3) is 0 Å². The molecule has 0 aliphatic carbocycles. The third kappa shape index (κ3) is 3.03. The Morgan fingerprint density at radius 3 is 3.10 bits per heavy atom. The summed E-state index contributed by atoms with van der Waals surface area (Å²) in [5, 5.41) is 3.65. The molecule has 20 heavy (non-hydrogen) atoms. The number of hydrogen-bond donors (Lipinski definition) is 1. The van der Waals surface area contributed by atoms with Crippen LogP contribution in [0.4, 0.5) is 5.82 Å². The normalized spacial score (nSPS) is 26.8. The number of ether oxygens (including phenoxy) is 1. The smallest absolute Gasteiger partial charge is 0.218 e. The van der Waals surface area contributed by atoms with Gasteiger partial charge in [0, 0.05) is 25.2 Å². The lowest BCUT2D eigenvalue weighted by Gasteiger charge is -2.36. The average Bonchev–Trinajstić information content (AvgIpc) is 3.02. The second-order valence-corrected chi connectivity index (χ2v) is 5.70. The molecule has 1 N–H and O–H groups in total. The number of anilines is 1. The molecule has 0 bridgehead atoms. The minimum Gasteiger partial charge on any atom is -0.478 e. The summed E-state index contributed by atoms with van der Waals surface area (Å²) in [5.41, 5.74) is 0. The Morgan fingerprint density at radius 2 is 2.30 bits per heavy atom. The predicted octanol–water partition coefficient (Wildman–Crippen LogP) is 1.84. The average molecular weight is 276 g/mol. The van der Waals surface area contributed by atoms with Crippen molar-refractivity contribution in [2.75, 3.05) is 31.1 Å². The van der Waals surface area contributed by atoms with Crippen molar-refractivity contribution in [3.05, 3.63) is 12.4 Å². The van der Waals surface area contributed by atoms with Gasteiger partial charge in [-0.1, -0.05) is 0 Å². The second-order valence-electron chi connectivity index (χ2n) is 5.70. The van der Waals surface area contributed by atoms with Gasteiger partial charge in [0.2, 0.25) is 5.88 Å². The lowest BCUT2D eigenvalue weighted by atomic mass is 9.90. The highest BCUT2D eigenvalue weighted by Crippen LogP contribution is 2.27. The Balaban J connectivity index is 1.68. The van der Waals surface area contributed by atoms with E-state index in [0.717, 1.165) is 24.8 Å². The molecule has 1 aromatic rings. The van der Waals surface area contributed by atoms with Gasteiger partial charge in [0.15, 0.2) is 0 Å². The molecule has 3 heterocycles.